The smallest absolute Gasteiger partial charge is 0.416 e. The number of alkyl halides is 6. The van der Waals surface area contributed by atoms with E-state index in [0.29, 0.717) is 57.0 Å². The number of nitrogens with zero attached hydrogens (tertiary/aromatic N) is 1. The van der Waals surface area contributed by atoms with Crippen LogP contribution in [0.4, 0.5) is 26.3 Å². The number of rotatable bonds is 7. The van der Waals surface area contributed by atoms with E-state index in [1.165, 1.54) is 11.1 Å². The number of halogens is 6. The first-order valence-corrected chi connectivity index (χ1v) is 12.9. The average Bonchev–Trinajstić information content (AvgIpc) is 3.55. The van der Waals surface area contributed by atoms with Gasteiger partial charge in [-0.25, -0.2) is 0 Å². The van der Waals surface area contributed by atoms with Gasteiger partial charge in [0.15, 0.2) is 0 Å². The maximum atomic E-state index is 13.4. The fourth-order valence-electron chi connectivity index (χ4n) is 5.63. The van der Waals surface area contributed by atoms with Crippen molar-refractivity contribution >= 4 is 5.91 Å². The van der Waals surface area contributed by atoms with Crippen molar-refractivity contribution < 1.29 is 35.9 Å². The molecular formula is C28H30F6N2O2. The summed E-state index contributed by atoms with van der Waals surface area (Å²) in [5.41, 5.74) is -1.27. The number of hydrogen-bond donors (Lipinski definition) is 1. The second kappa shape index (κ2) is 10.1. The Hall–Kier alpha value is -2.75. The van der Waals surface area contributed by atoms with Gasteiger partial charge < -0.3 is 10.1 Å². The highest BCUT2D eigenvalue weighted by molar-refractivity contribution is 5.82. The van der Waals surface area contributed by atoms with E-state index in [1.807, 2.05) is 12.1 Å². The van der Waals surface area contributed by atoms with Gasteiger partial charge in [-0.15, -0.1) is 0 Å². The van der Waals surface area contributed by atoms with E-state index < -0.39 is 28.9 Å². The quantitative estimate of drug-likeness (QED) is 0.416. The highest BCUT2D eigenvalue weighted by Crippen LogP contribution is 2.46. The van der Waals surface area contributed by atoms with Crippen molar-refractivity contribution in [2.24, 2.45) is 11.3 Å². The van der Waals surface area contributed by atoms with Crippen LogP contribution in [0, 0.1) is 11.3 Å². The molecule has 0 unspecified atom stereocenters. The molecule has 2 heterocycles. The first kappa shape index (κ1) is 26.8. The Morgan fingerprint density at radius 3 is 2.21 bits per heavy atom. The van der Waals surface area contributed by atoms with Gasteiger partial charge in [0.05, 0.1) is 23.1 Å². The lowest BCUT2D eigenvalue weighted by Crippen LogP contribution is -2.48. The Labute approximate surface area is 217 Å². The van der Waals surface area contributed by atoms with Crippen LogP contribution >= 0.6 is 0 Å². The van der Waals surface area contributed by atoms with E-state index in [0.717, 1.165) is 31.6 Å². The Balaban J connectivity index is 1.25. The molecule has 0 aromatic heterocycles. The second-order valence-electron chi connectivity index (χ2n) is 10.8. The summed E-state index contributed by atoms with van der Waals surface area (Å²) in [5, 5.41) is 2.69. The number of fused-ring (bicyclic) bond motifs is 1. The van der Waals surface area contributed by atoms with Crippen LogP contribution < -0.4 is 10.1 Å². The first-order chi connectivity index (χ1) is 17.9. The Bertz CT molecular complexity index is 1150. The van der Waals surface area contributed by atoms with Crippen molar-refractivity contribution in [1.29, 1.82) is 0 Å². The van der Waals surface area contributed by atoms with Crippen LogP contribution in [0.15, 0.2) is 36.4 Å². The maximum absolute atomic E-state index is 13.4. The van der Waals surface area contributed by atoms with E-state index in [2.05, 4.69) is 16.3 Å². The minimum atomic E-state index is -4.92. The summed E-state index contributed by atoms with van der Waals surface area (Å²) in [7, 11) is 0. The summed E-state index contributed by atoms with van der Waals surface area (Å²) in [5.74, 6) is 1.08. The first-order valence-electron chi connectivity index (χ1n) is 12.9. The average molecular weight is 541 g/mol. The lowest BCUT2D eigenvalue weighted by molar-refractivity contribution is -0.143. The molecule has 38 heavy (non-hydrogen) atoms. The summed E-state index contributed by atoms with van der Waals surface area (Å²) in [4.78, 5) is 15.7. The van der Waals surface area contributed by atoms with Gasteiger partial charge >= 0.3 is 12.4 Å². The molecular weight excluding hydrogens is 510 g/mol. The van der Waals surface area contributed by atoms with Crippen molar-refractivity contribution in [3.8, 4) is 5.75 Å². The lowest BCUT2D eigenvalue weighted by Gasteiger charge is -2.41. The van der Waals surface area contributed by atoms with Gasteiger partial charge in [0, 0.05) is 19.5 Å². The highest BCUT2D eigenvalue weighted by atomic mass is 19.4. The van der Waals surface area contributed by atoms with Crippen molar-refractivity contribution in [3.05, 3.63) is 64.2 Å². The molecule has 0 spiro atoms. The number of piperidine rings is 1. The van der Waals surface area contributed by atoms with E-state index in [-0.39, 0.29) is 24.1 Å². The van der Waals surface area contributed by atoms with Gasteiger partial charge in [-0.05, 0) is 79.2 Å². The van der Waals surface area contributed by atoms with Crippen molar-refractivity contribution in [2.75, 3.05) is 19.7 Å². The van der Waals surface area contributed by atoms with Gasteiger partial charge in [0.2, 0.25) is 5.91 Å². The topological polar surface area (TPSA) is 41.6 Å². The Morgan fingerprint density at radius 1 is 0.947 bits per heavy atom. The maximum Gasteiger partial charge on any atom is 0.416 e. The third kappa shape index (κ3) is 6.11. The predicted molar refractivity (Wildman–Crippen MR) is 128 cm³/mol. The lowest BCUT2D eigenvalue weighted by atomic mass is 9.73. The summed E-state index contributed by atoms with van der Waals surface area (Å²) < 4.78 is 84.9. The summed E-state index contributed by atoms with van der Waals surface area (Å²) in [6.07, 6.45) is -4.99. The standard InChI is InChI=1S/C28H30F6N2O2/c29-27(30,31)22-12-20(13-23(14-22)28(32,33)34)16-35-25(37)26(15-18-1-2-18)6-8-36(9-7-26)17-19-3-4-24-21(11-19)5-10-38-24/h3-4,11-14,18H,1-2,5-10,15-17H2,(H,35,37). The molecule has 10 heteroatoms. The Kier molecular flexibility index (Phi) is 7.13. The van der Waals surface area contributed by atoms with Gasteiger partial charge in [-0.3, -0.25) is 9.69 Å². The summed E-state index contributed by atoms with van der Waals surface area (Å²) in [6, 6.07) is 7.65. The molecule has 2 aliphatic heterocycles. The second-order valence-corrected chi connectivity index (χ2v) is 10.8. The molecule has 0 atom stereocenters. The summed E-state index contributed by atoms with van der Waals surface area (Å²) in [6.45, 7) is 2.43. The molecule has 1 saturated carbocycles. The zero-order valence-electron chi connectivity index (χ0n) is 20.9. The Morgan fingerprint density at radius 2 is 1.61 bits per heavy atom. The van der Waals surface area contributed by atoms with Crippen LogP contribution in [-0.4, -0.2) is 30.5 Å². The molecule has 3 aliphatic rings. The molecule has 2 fully saturated rings. The monoisotopic (exact) mass is 540 g/mol. The van der Waals surface area contributed by atoms with E-state index in [1.54, 1.807) is 0 Å². The fraction of sp³-hybridized carbons (Fsp3) is 0.536. The molecule has 1 aliphatic carbocycles. The normalized spacial score (nSPS) is 19.6. The highest BCUT2D eigenvalue weighted by Gasteiger charge is 2.45. The number of amides is 1. The van der Waals surface area contributed by atoms with Gasteiger partial charge in [0.1, 0.15) is 5.75 Å². The van der Waals surface area contributed by atoms with Gasteiger partial charge in [0.25, 0.3) is 0 Å². The largest absolute Gasteiger partial charge is 0.493 e. The third-order valence-corrected chi connectivity index (χ3v) is 7.93. The molecule has 5 rings (SSSR count). The minimum Gasteiger partial charge on any atom is -0.493 e. The zero-order valence-corrected chi connectivity index (χ0v) is 20.9. The van der Waals surface area contributed by atoms with Crippen molar-refractivity contribution in [2.45, 2.75) is 64.0 Å². The molecule has 1 N–H and O–H groups in total. The zero-order chi connectivity index (χ0) is 27.1. The van der Waals surface area contributed by atoms with Gasteiger partial charge in [-0.2, -0.15) is 26.3 Å². The predicted octanol–water partition coefficient (Wildman–Crippen LogP) is 6.36. The fourth-order valence-corrected chi connectivity index (χ4v) is 5.63. The molecule has 1 saturated heterocycles. The summed E-state index contributed by atoms with van der Waals surface area (Å²) >= 11 is 0. The van der Waals surface area contributed by atoms with E-state index >= 15 is 0 Å². The number of ether oxygens (including phenoxy) is 1. The molecule has 2 aromatic carbocycles. The molecule has 4 nitrogen and oxygen atoms in total. The molecule has 2 aromatic rings. The number of likely N-dealkylation sites (tertiary alicyclic amines) is 1. The molecule has 0 bridgehead atoms. The number of carbonyl (C=O) groups is 1. The molecule has 0 radical (unpaired) electrons. The number of hydrogen-bond acceptors (Lipinski definition) is 3. The number of nitrogens with one attached hydrogen (secondary N) is 1. The van der Waals surface area contributed by atoms with Crippen LogP contribution in [0.1, 0.15) is 59.9 Å². The van der Waals surface area contributed by atoms with Crippen molar-refractivity contribution in [1.82, 2.24) is 10.2 Å². The van der Waals surface area contributed by atoms with Crippen LogP contribution in [-0.2, 0) is 36.7 Å². The van der Waals surface area contributed by atoms with E-state index in [9.17, 15) is 31.1 Å². The SMILES string of the molecule is O=C(NCc1cc(C(F)(F)F)cc(C(F)(F)F)c1)C1(CC2CC2)CCN(Cc2ccc3c(c2)CCO3)CC1. The van der Waals surface area contributed by atoms with Crippen molar-refractivity contribution in [3.63, 3.8) is 0 Å². The molecule has 1 amide bonds. The van der Waals surface area contributed by atoms with Crippen LogP contribution in [0.3, 0.4) is 0 Å². The number of carbonyl (C=O) groups excluding carboxylic acids is 1. The van der Waals surface area contributed by atoms with E-state index in [4.69, 9.17) is 4.74 Å². The van der Waals surface area contributed by atoms with Crippen LogP contribution in [0.5, 0.6) is 5.75 Å². The molecule has 206 valence electrons. The van der Waals surface area contributed by atoms with Gasteiger partial charge in [-0.1, -0.05) is 25.0 Å². The van der Waals surface area contributed by atoms with Crippen LogP contribution in [0.25, 0.3) is 0 Å². The van der Waals surface area contributed by atoms with Crippen LogP contribution in [0.2, 0.25) is 0 Å². The number of benzene rings is 2. The third-order valence-electron chi connectivity index (χ3n) is 7.93. The minimum absolute atomic E-state index is 0.101.